The van der Waals surface area contributed by atoms with E-state index >= 15 is 0 Å². The topological polar surface area (TPSA) is 66.9 Å². The lowest BCUT2D eigenvalue weighted by Crippen LogP contribution is -2.30. The molecule has 1 atom stereocenters. The maximum atomic E-state index is 12.4. The predicted octanol–water partition coefficient (Wildman–Crippen LogP) is 4.03. The molecule has 2 N–H and O–H groups in total. The standard InChI is InChI=1S/C17H18N4OS3/c1-2-18-16-20-21-17(25-16)24-11-14(22)19-15(13-9-6-10-23-13)12-7-4-3-5-8-12/h3-10,15H,2,11H2,1H3,(H,18,20)(H,19,22)/t15-/m0/s1. The molecule has 130 valence electrons. The number of benzene rings is 1. The van der Waals surface area contributed by atoms with E-state index in [1.807, 2.05) is 54.8 Å². The van der Waals surface area contributed by atoms with Crippen molar-refractivity contribution < 1.29 is 4.79 Å². The van der Waals surface area contributed by atoms with E-state index in [1.165, 1.54) is 23.1 Å². The van der Waals surface area contributed by atoms with Gasteiger partial charge in [-0.1, -0.05) is 59.5 Å². The number of anilines is 1. The first-order valence-electron chi connectivity index (χ1n) is 7.84. The van der Waals surface area contributed by atoms with Crippen LogP contribution >= 0.6 is 34.4 Å². The van der Waals surface area contributed by atoms with Crippen molar-refractivity contribution in [2.75, 3.05) is 17.6 Å². The summed E-state index contributed by atoms with van der Waals surface area (Å²) < 4.78 is 0.790. The largest absolute Gasteiger partial charge is 0.360 e. The van der Waals surface area contributed by atoms with Crippen molar-refractivity contribution in [1.29, 1.82) is 0 Å². The Morgan fingerprint density at radius 2 is 2.04 bits per heavy atom. The summed E-state index contributed by atoms with van der Waals surface area (Å²) in [6.45, 7) is 2.81. The Morgan fingerprint density at radius 1 is 1.20 bits per heavy atom. The zero-order chi connectivity index (χ0) is 17.5. The van der Waals surface area contributed by atoms with Gasteiger partial charge in [0.15, 0.2) is 4.34 Å². The van der Waals surface area contributed by atoms with Gasteiger partial charge in [-0.15, -0.1) is 21.5 Å². The molecular formula is C17H18N4OS3. The van der Waals surface area contributed by atoms with Crippen molar-refractivity contribution in [2.45, 2.75) is 17.3 Å². The van der Waals surface area contributed by atoms with Crippen LogP contribution in [-0.4, -0.2) is 28.4 Å². The molecule has 0 aliphatic carbocycles. The molecule has 2 heterocycles. The first kappa shape index (κ1) is 17.9. The molecule has 3 rings (SSSR count). The Labute approximate surface area is 158 Å². The number of thiophene rings is 1. The minimum absolute atomic E-state index is 0.0209. The number of carbonyl (C=O) groups excluding carboxylic acids is 1. The molecule has 3 aromatic rings. The van der Waals surface area contributed by atoms with Crippen LogP contribution in [-0.2, 0) is 4.79 Å². The summed E-state index contributed by atoms with van der Waals surface area (Å²) >= 11 is 4.51. The van der Waals surface area contributed by atoms with Crippen molar-refractivity contribution in [3.63, 3.8) is 0 Å². The van der Waals surface area contributed by atoms with E-state index in [-0.39, 0.29) is 11.9 Å². The van der Waals surface area contributed by atoms with E-state index in [0.717, 1.165) is 26.5 Å². The van der Waals surface area contributed by atoms with Gasteiger partial charge in [-0.2, -0.15) is 0 Å². The molecular weight excluding hydrogens is 372 g/mol. The Kier molecular flexibility index (Phi) is 6.43. The summed E-state index contributed by atoms with van der Waals surface area (Å²) in [6, 6.07) is 13.9. The second-order valence-electron chi connectivity index (χ2n) is 5.12. The fourth-order valence-corrected chi connectivity index (χ4v) is 4.67. The molecule has 0 fully saturated rings. The minimum Gasteiger partial charge on any atom is -0.360 e. The van der Waals surface area contributed by atoms with E-state index in [2.05, 4.69) is 20.8 Å². The molecule has 0 saturated carbocycles. The van der Waals surface area contributed by atoms with Crippen LogP contribution in [0.4, 0.5) is 5.13 Å². The molecule has 1 aromatic carbocycles. The number of thioether (sulfide) groups is 1. The van der Waals surface area contributed by atoms with Crippen molar-refractivity contribution in [3.05, 3.63) is 58.3 Å². The fraction of sp³-hybridized carbons (Fsp3) is 0.235. The second-order valence-corrected chi connectivity index (χ2v) is 8.30. The number of hydrogen-bond acceptors (Lipinski definition) is 7. The third kappa shape index (κ3) is 5.04. The Morgan fingerprint density at radius 3 is 2.76 bits per heavy atom. The Balaban J connectivity index is 1.62. The van der Waals surface area contributed by atoms with Crippen LogP contribution < -0.4 is 10.6 Å². The van der Waals surface area contributed by atoms with Gasteiger partial charge in [0.25, 0.3) is 0 Å². The second kappa shape index (κ2) is 8.98. The van der Waals surface area contributed by atoms with Gasteiger partial charge in [0.2, 0.25) is 11.0 Å². The highest BCUT2D eigenvalue weighted by molar-refractivity contribution is 8.01. The van der Waals surface area contributed by atoms with Gasteiger partial charge in [-0.05, 0) is 23.9 Å². The van der Waals surface area contributed by atoms with Gasteiger partial charge in [-0.3, -0.25) is 4.79 Å². The fourth-order valence-electron chi connectivity index (χ4n) is 2.24. The number of aromatic nitrogens is 2. The third-order valence-corrected chi connectivity index (χ3v) is 6.28. The first-order chi connectivity index (χ1) is 12.3. The highest BCUT2D eigenvalue weighted by Gasteiger charge is 2.18. The van der Waals surface area contributed by atoms with Crippen LogP contribution in [0.15, 0.2) is 52.2 Å². The monoisotopic (exact) mass is 390 g/mol. The molecule has 1 amide bonds. The number of nitrogens with one attached hydrogen (secondary N) is 2. The van der Waals surface area contributed by atoms with Crippen LogP contribution in [0.3, 0.4) is 0 Å². The number of rotatable bonds is 8. The van der Waals surface area contributed by atoms with Crippen LogP contribution in [0.2, 0.25) is 0 Å². The van der Waals surface area contributed by atoms with Crippen LogP contribution in [0.1, 0.15) is 23.4 Å². The van der Waals surface area contributed by atoms with Crippen molar-refractivity contribution in [3.8, 4) is 0 Å². The van der Waals surface area contributed by atoms with E-state index in [1.54, 1.807) is 11.3 Å². The Bertz CT molecular complexity index is 789. The van der Waals surface area contributed by atoms with Crippen molar-refractivity contribution in [1.82, 2.24) is 15.5 Å². The number of amides is 1. The van der Waals surface area contributed by atoms with Gasteiger partial charge in [-0.25, -0.2) is 0 Å². The van der Waals surface area contributed by atoms with Gasteiger partial charge in [0.1, 0.15) is 0 Å². The zero-order valence-corrected chi connectivity index (χ0v) is 16.1. The molecule has 0 bridgehead atoms. The molecule has 2 aromatic heterocycles. The first-order valence-corrected chi connectivity index (χ1v) is 10.5. The molecule has 8 heteroatoms. The minimum atomic E-state index is -0.124. The predicted molar refractivity (Wildman–Crippen MR) is 106 cm³/mol. The molecule has 0 radical (unpaired) electrons. The summed E-state index contributed by atoms with van der Waals surface area (Å²) in [7, 11) is 0. The molecule has 0 saturated heterocycles. The number of hydrogen-bond donors (Lipinski definition) is 2. The maximum absolute atomic E-state index is 12.4. The quantitative estimate of drug-likeness (QED) is 0.569. The molecule has 0 spiro atoms. The normalized spacial score (nSPS) is 11.9. The highest BCUT2D eigenvalue weighted by atomic mass is 32.2. The number of nitrogens with zero attached hydrogens (tertiary/aromatic N) is 2. The zero-order valence-electron chi connectivity index (χ0n) is 13.6. The summed E-state index contributed by atoms with van der Waals surface area (Å²) in [5, 5.41) is 17.2. The summed E-state index contributed by atoms with van der Waals surface area (Å²) in [5.74, 6) is 0.294. The van der Waals surface area contributed by atoms with Gasteiger partial charge in [0, 0.05) is 11.4 Å². The summed E-state index contributed by atoms with van der Waals surface area (Å²) in [5.41, 5.74) is 1.08. The third-order valence-electron chi connectivity index (χ3n) is 3.33. The lowest BCUT2D eigenvalue weighted by atomic mass is 10.1. The van der Waals surface area contributed by atoms with Crippen LogP contribution in [0.5, 0.6) is 0 Å². The average Bonchev–Trinajstić information content (AvgIpc) is 3.31. The van der Waals surface area contributed by atoms with Crippen molar-refractivity contribution in [2.24, 2.45) is 0 Å². The Hall–Kier alpha value is -1.90. The number of carbonyl (C=O) groups is 1. The SMILES string of the molecule is CCNc1nnc(SCC(=O)N[C@@H](c2ccccc2)c2cccs2)s1. The smallest absolute Gasteiger partial charge is 0.231 e. The van der Waals surface area contributed by atoms with Gasteiger partial charge < -0.3 is 10.6 Å². The lowest BCUT2D eigenvalue weighted by molar-refractivity contribution is -0.119. The van der Waals surface area contributed by atoms with Crippen molar-refractivity contribution >= 4 is 45.5 Å². The summed E-state index contributed by atoms with van der Waals surface area (Å²) in [6.07, 6.45) is 0. The molecule has 0 unspecified atom stereocenters. The molecule has 0 aliphatic rings. The van der Waals surface area contributed by atoms with Crippen LogP contribution in [0.25, 0.3) is 0 Å². The average molecular weight is 391 g/mol. The van der Waals surface area contributed by atoms with Crippen LogP contribution in [0, 0.1) is 0 Å². The molecule has 0 aliphatic heterocycles. The van der Waals surface area contributed by atoms with E-state index in [4.69, 9.17) is 0 Å². The maximum Gasteiger partial charge on any atom is 0.231 e. The van der Waals surface area contributed by atoms with Gasteiger partial charge in [0.05, 0.1) is 11.8 Å². The van der Waals surface area contributed by atoms with E-state index in [9.17, 15) is 4.79 Å². The lowest BCUT2D eigenvalue weighted by Gasteiger charge is -2.17. The van der Waals surface area contributed by atoms with E-state index < -0.39 is 0 Å². The molecule has 5 nitrogen and oxygen atoms in total. The van der Waals surface area contributed by atoms with Gasteiger partial charge >= 0.3 is 0 Å². The summed E-state index contributed by atoms with van der Waals surface area (Å²) in [4.78, 5) is 13.6. The highest BCUT2D eigenvalue weighted by Crippen LogP contribution is 2.28. The molecule has 25 heavy (non-hydrogen) atoms. The van der Waals surface area contributed by atoms with E-state index in [0.29, 0.717) is 5.75 Å².